The molecule has 0 amide bonds. The van der Waals surface area contributed by atoms with Gasteiger partial charge in [0.2, 0.25) is 0 Å². The highest BCUT2D eigenvalue weighted by atomic mass is 32.2. The van der Waals surface area contributed by atoms with Gasteiger partial charge in [-0.2, -0.15) is 11.8 Å². The molecule has 2 heterocycles. The average Bonchev–Trinajstić information content (AvgIpc) is 2.98. The van der Waals surface area contributed by atoms with Gasteiger partial charge in [-0.15, -0.1) is 0 Å². The number of nitrogens with one attached hydrogen (secondary N) is 1. The van der Waals surface area contributed by atoms with Gasteiger partial charge in [-0.25, -0.2) is 4.98 Å². The van der Waals surface area contributed by atoms with Gasteiger partial charge in [-0.1, -0.05) is 13.0 Å². The van der Waals surface area contributed by atoms with Gasteiger partial charge >= 0.3 is 0 Å². The van der Waals surface area contributed by atoms with Crippen molar-refractivity contribution in [3.8, 4) is 0 Å². The first-order chi connectivity index (χ1) is 9.22. The second kappa shape index (κ2) is 7.15. The van der Waals surface area contributed by atoms with E-state index in [1.807, 2.05) is 18.0 Å². The minimum absolute atomic E-state index is 0.383. The van der Waals surface area contributed by atoms with Gasteiger partial charge in [0.05, 0.1) is 0 Å². The summed E-state index contributed by atoms with van der Waals surface area (Å²) < 4.78 is 0. The number of anilines is 1. The Kier molecular flexibility index (Phi) is 5.52. The van der Waals surface area contributed by atoms with Crippen LogP contribution in [0.15, 0.2) is 18.3 Å². The molecule has 1 N–H and O–H groups in total. The van der Waals surface area contributed by atoms with Crippen LogP contribution in [0.2, 0.25) is 0 Å². The van der Waals surface area contributed by atoms with Gasteiger partial charge in [0, 0.05) is 31.1 Å². The average molecular weight is 279 g/mol. The van der Waals surface area contributed by atoms with Crippen LogP contribution in [0.3, 0.4) is 0 Å². The molecule has 0 aliphatic carbocycles. The molecule has 1 fully saturated rings. The Labute approximate surface area is 121 Å². The fraction of sp³-hybridized carbons (Fsp3) is 0.667. The van der Waals surface area contributed by atoms with E-state index in [2.05, 4.69) is 48.2 Å². The summed E-state index contributed by atoms with van der Waals surface area (Å²) in [4.78, 5) is 6.96. The van der Waals surface area contributed by atoms with Crippen LogP contribution < -0.4 is 10.2 Å². The predicted molar refractivity (Wildman–Crippen MR) is 85.1 cm³/mol. The van der Waals surface area contributed by atoms with Gasteiger partial charge < -0.3 is 10.2 Å². The summed E-state index contributed by atoms with van der Waals surface area (Å²) in [5.41, 5.74) is 1.27. The van der Waals surface area contributed by atoms with Crippen molar-refractivity contribution in [1.29, 1.82) is 0 Å². The highest BCUT2D eigenvalue weighted by Crippen LogP contribution is 2.25. The van der Waals surface area contributed by atoms with E-state index in [1.54, 1.807) is 0 Å². The molecule has 1 aliphatic rings. The molecule has 0 bridgehead atoms. The number of pyridine rings is 1. The van der Waals surface area contributed by atoms with Crippen molar-refractivity contribution in [2.24, 2.45) is 0 Å². The number of thioether (sulfide) groups is 1. The number of aromatic nitrogens is 1. The lowest BCUT2D eigenvalue weighted by molar-refractivity contribution is 0.569. The lowest BCUT2D eigenvalue weighted by atomic mass is 10.1. The molecule has 2 rings (SSSR count). The Hall–Kier alpha value is -0.740. The Bertz CT molecular complexity index is 373. The van der Waals surface area contributed by atoms with Gasteiger partial charge in [0.1, 0.15) is 5.82 Å². The van der Waals surface area contributed by atoms with E-state index < -0.39 is 0 Å². The van der Waals surface area contributed by atoms with Crippen LogP contribution in [0.25, 0.3) is 0 Å². The molecule has 106 valence electrons. The standard InChI is InChI=1S/C15H25N3S/c1-4-8-16-12(2)13-5-6-15(17-10-13)18(3)14-7-9-19-11-14/h5-6,10,12,14,16H,4,7-9,11H2,1-3H3. The lowest BCUT2D eigenvalue weighted by Crippen LogP contribution is -2.32. The maximum Gasteiger partial charge on any atom is 0.128 e. The smallest absolute Gasteiger partial charge is 0.128 e. The minimum Gasteiger partial charge on any atom is -0.356 e. The number of rotatable bonds is 6. The van der Waals surface area contributed by atoms with Crippen molar-refractivity contribution in [3.63, 3.8) is 0 Å². The van der Waals surface area contributed by atoms with Gasteiger partial charge in [-0.3, -0.25) is 0 Å². The Morgan fingerprint density at radius 3 is 2.95 bits per heavy atom. The summed E-state index contributed by atoms with van der Waals surface area (Å²) in [5.74, 6) is 3.61. The van der Waals surface area contributed by atoms with Crippen molar-refractivity contribution in [1.82, 2.24) is 10.3 Å². The maximum absolute atomic E-state index is 4.63. The SMILES string of the molecule is CCCNC(C)c1ccc(N(C)C2CCSC2)nc1. The molecule has 1 saturated heterocycles. The molecule has 1 aliphatic heterocycles. The molecule has 1 aromatic heterocycles. The molecule has 19 heavy (non-hydrogen) atoms. The van der Waals surface area contributed by atoms with Crippen molar-refractivity contribution < 1.29 is 0 Å². The molecule has 0 spiro atoms. The van der Waals surface area contributed by atoms with E-state index in [4.69, 9.17) is 0 Å². The summed E-state index contributed by atoms with van der Waals surface area (Å²) in [6.45, 7) is 5.45. The second-order valence-electron chi connectivity index (χ2n) is 5.25. The van der Waals surface area contributed by atoms with Crippen LogP contribution in [0.4, 0.5) is 5.82 Å². The van der Waals surface area contributed by atoms with E-state index in [-0.39, 0.29) is 0 Å². The van der Waals surface area contributed by atoms with Gasteiger partial charge in [0.25, 0.3) is 0 Å². The molecular formula is C15H25N3S. The molecule has 2 atom stereocenters. The number of hydrogen-bond acceptors (Lipinski definition) is 4. The third kappa shape index (κ3) is 3.86. The fourth-order valence-electron chi connectivity index (χ4n) is 2.36. The van der Waals surface area contributed by atoms with Gasteiger partial charge in [-0.05, 0) is 43.7 Å². The fourth-order valence-corrected chi connectivity index (χ4v) is 3.62. The number of nitrogens with zero attached hydrogens (tertiary/aromatic N) is 2. The van der Waals surface area contributed by atoms with E-state index in [0.717, 1.165) is 18.8 Å². The van der Waals surface area contributed by atoms with Crippen LogP contribution in [-0.2, 0) is 0 Å². The Balaban J connectivity index is 1.97. The Morgan fingerprint density at radius 2 is 2.37 bits per heavy atom. The van der Waals surface area contributed by atoms with E-state index in [9.17, 15) is 0 Å². The van der Waals surface area contributed by atoms with E-state index >= 15 is 0 Å². The monoisotopic (exact) mass is 279 g/mol. The normalized spacial score (nSPS) is 20.5. The van der Waals surface area contributed by atoms with Crippen LogP contribution >= 0.6 is 11.8 Å². The minimum atomic E-state index is 0.383. The summed E-state index contributed by atoms with van der Waals surface area (Å²) in [6.07, 6.45) is 4.46. The quantitative estimate of drug-likeness (QED) is 0.866. The first-order valence-corrected chi connectivity index (χ1v) is 8.37. The van der Waals surface area contributed by atoms with Crippen LogP contribution in [-0.4, -0.2) is 36.1 Å². The van der Waals surface area contributed by atoms with E-state index in [0.29, 0.717) is 12.1 Å². The highest BCUT2D eigenvalue weighted by molar-refractivity contribution is 7.99. The molecule has 0 saturated carbocycles. The van der Waals surface area contributed by atoms with Gasteiger partial charge in [0.15, 0.2) is 0 Å². The highest BCUT2D eigenvalue weighted by Gasteiger charge is 2.21. The van der Waals surface area contributed by atoms with Crippen molar-refractivity contribution in [2.45, 2.75) is 38.8 Å². The van der Waals surface area contributed by atoms with E-state index in [1.165, 1.54) is 23.5 Å². The topological polar surface area (TPSA) is 28.2 Å². The van der Waals surface area contributed by atoms with Crippen LogP contribution in [0.5, 0.6) is 0 Å². The molecule has 2 unspecified atom stereocenters. The molecule has 0 radical (unpaired) electrons. The largest absolute Gasteiger partial charge is 0.356 e. The number of hydrogen-bond donors (Lipinski definition) is 1. The molecule has 3 nitrogen and oxygen atoms in total. The second-order valence-corrected chi connectivity index (χ2v) is 6.40. The third-order valence-electron chi connectivity index (χ3n) is 3.79. The molecule has 1 aromatic rings. The maximum atomic E-state index is 4.63. The zero-order valence-corrected chi connectivity index (χ0v) is 13.0. The summed E-state index contributed by atoms with van der Waals surface area (Å²) in [7, 11) is 2.16. The van der Waals surface area contributed by atoms with Crippen molar-refractivity contribution in [3.05, 3.63) is 23.9 Å². The summed E-state index contributed by atoms with van der Waals surface area (Å²) in [5, 5.41) is 3.50. The van der Waals surface area contributed by atoms with Crippen molar-refractivity contribution >= 4 is 17.6 Å². The summed E-state index contributed by atoms with van der Waals surface area (Å²) in [6, 6.07) is 5.39. The zero-order valence-electron chi connectivity index (χ0n) is 12.2. The molecule has 0 aromatic carbocycles. The first kappa shape index (κ1) is 14.7. The molecule has 4 heteroatoms. The zero-order chi connectivity index (χ0) is 13.7. The Morgan fingerprint density at radius 1 is 1.53 bits per heavy atom. The first-order valence-electron chi connectivity index (χ1n) is 7.22. The third-order valence-corrected chi connectivity index (χ3v) is 4.93. The lowest BCUT2D eigenvalue weighted by Gasteiger charge is -2.25. The van der Waals surface area contributed by atoms with Crippen LogP contribution in [0.1, 0.15) is 38.3 Å². The van der Waals surface area contributed by atoms with Crippen molar-refractivity contribution in [2.75, 3.05) is 30.0 Å². The van der Waals surface area contributed by atoms with Crippen LogP contribution in [0, 0.1) is 0 Å². The summed E-state index contributed by atoms with van der Waals surface area (Å²) >= 11 is 2.04. The molecular weight excluding hydrogens is 254 g/mol. The predicted octanol–water partition coefficient (Wildman–Crippen LogP) is 3.08.